The van der Waals surface area contributed by atoms with Crippen molar-refractivity contribution in [3.8, 4) is 5.75 Å². The molecule has 3 rings (SSSR count). The molecule has 23 heavy (non-hydrogen) atoms. The van der Waals surface area contributed by atoms with Crippen LogP contribution in [0.15, 0.2) is 38.4 Å². The minimum absolute atomic E-state index is 0.248. The van der Waals surface area contributed by atoms with Crippen molar-refractivity contribution in [3.05, 3.63) is 34.7 Å². The van der Waals surface area contributed by atoms with E-state index in [1.54, 1.807) is 18.2 Å². The summed E-state index contributed by atoms with van der Waals surface area (Å²) >= 11 is 0. The molecule has 1 aromatic carbocycles. The number of para-hydroxylation sites is 1. The van der Waals surface area contributed by atoms with Crippen LogP contribution in [0.2, 0.25) is 0 Å². The van der Waals surface area contributed by atoms with Crippen LogP contribution in [0.4, 0.5) is 0 Å². The molecule has 1 aliphatic rings. The summed E-state index contributed by atoms with van der Waals surface area (Å²) in [5, 5.41) is 0.511. The van der Waals surface area contributed by atoms with Crippen LogP contribution in [-0.4, -0.2) is 58.0 Å². The van der Waals surface area contributed by atoms with Gasteiger partial charge in [0.15, 0.2) is 16.2 Å². The van der Waals surface area contributed by atoms with Gasteiger partial charge in [-0.1, -0.05) is 12.1 Å². The van der Waals surface area contributed by atoms with Crippen LogP contribution >= 0.6 is 0 Å². The number of methoxy groups -OCH3 is 1. The van der Waals surface area contributed by atoms with Crippen molar-refractivity contribution in [2.75, 3.05) is 40.3 Å². The van der Waals surface area contributed by atoms with Gasteiger partial charge in [-0.05, 0) is 19.2 Å². The van der Waals surface area contributed by atoms with E-state index in [1.165, 1.54) is 17.5 Å². The Labute approximate surface area is 134 Å². The first-order valence-corrected chi connectivity index (χ1v) is 8.67. The molecule has 124 valence electrons. The van der Waals surface area contributed by atoms with Crippen molar-refractivity contribution in [2.24, 2.45) is 0 Å². The predicted molar refractivity (Wildman–Crippen MR) is 85.3 cm³/mol. The first-order chi connectivity index (χ1) is 10.9. The van der Waals surface area contributed by atoms with E-state index in [1.807, 2.05) is 11.9 Å². The molecule has 0 amide bonds. The quantitative estimate of drug-likeness (QED) is 0.768. The molecule has 0 N–H and O–H groups in total. The third-order valence-corrected chi connectivity index (χ3v) is 5.88. The van der Waals surface area contributed by atoms with Crippen LogP contribution in [0.3, 0.4) is 0 Å². The molecule has 0 saturated carbocycles. The van der Waals surface area contributed by atoms with Crippen LogP contribution in [-0.2, 0) is 10.0 Å². The van der Waals surface area contributed by atoms with Crippen molar-refractivity contribution >= 4 is 21.0 Å². The molecule has 1 aliphatic heterocycles. The molecule has 8 heteroatoms. The highest BCUT2D eigenvalue weighted by Crippen LogP contribution is 2.26. The summed E-state index contributed by atoms with van der Waals surface area (Å²) in [6.45, 7) is 1.97. The summed E-state index contributed by atoms with van der Waals surface area (Å²) < 4.78 is 37.1. The molecular weight excluding hydrogens is 320 g/mol. The van der Waals surface area contributed by atoms with E-state index in [-0.39, 0.29) is 10.5 Å². The average molecular weight is 338 g/mol. The number of nitrogens with zero attached hydrogens (tertiary/aromatic N) is 2. The molecule has 1 saturated heterocycles. The van der Waals surface area contributed by atoms with E-state index >= 15 is 0 Å². The maximum atomic E-state index is 12.7. The SMILES string of the molecule is COc1cccc2cc(S(=O)(=O)N3CCN(C)CC3)c(=O)oc12. The number of piperazine rings is 1. The number of benzene rings is 1. The third-order valence-electron chi connectivity index (χ3n) is 3.99. The Morgan fingerprint density at radius 3 is 2.52 bits per heavy atom. The Kier molecular flexibility index (Phi) is 4.13. The highest BCUT2D eigenvalue weighted by Gasteiger charge is 2.31. The summed E-state index contributed by atoms with van der Waals surface area (Å²) in [7, 11) is -0.474. The number of likely N-dealkylation sites (N-methyl/N-ethyl adjacent to an activating group) is 1. The fraction of sp³-hybridized carbons (Fsp3) is 0.400. The lowest BCUT2D eigenvalue weighted by molar-refractivity contribution is 0.222. The van der Waals surface area contributed by atoms with Crippen molar-refractivity contribution in [3.63, 3.8) is 0 Å². The first kappa shape index (κ1) is 16.0. The van der Waals surface area contributed by atoms with E-state index in [4.69, 9.17) is 9.15 Å². The number of hydrogen-bond donors (Lipinski definition) is 0. The lowest BCUT2D eigenvalue weighted by atomic mass is 10.2. The molecule has 1 fully saturated rings. The van der Waals surface area contributed by atoms with Crippen molar-refractivity contribution < 1.29 is 17.6 Å². The van der Waals surface area contributed by atoms with E-state index in [2.05, 4.69) is 0 Å². The average Bonchev–Trinajstić information content (AvgIpc) is 2.54. The van der Waals surface area contributed by atoms with Crippen molar-refractivity contribution in [1.82, 2.24) is 9.21 Å². The van der Waals surface area contributed by atoms with Gasteiger partial charge in [0.25, 0.3) is 0 Å². The number of rotatable bonds is 3. The molecule has 1 aromatic heterocycles. The second-order valence-electron chi connectivity index (χ2n) is 5.48. The summed E-state index contributed by atoms with van der Waals surface area (Å²) in [6.07, 6.45) is 0. The Morgan fingerprint density at radius 1 is 1.17 bits per heavy atom. The van der Waals surface area contributed by atoms with Gasteiger partial charge in [-0.2, -0.15) is 4.31 Å². The minimum atomic E-state index is -3.87. The summed E-state index contributed by atoms with van der Waals surface area (Å²) in [5.41, 5.74) is -0.627. The predicted octanol–water partition coefficient (Wildman–Crippen LogP) is 0.738. The molecule has 0 spiro atoms. The molecular formula is C15H18N2O5S. The molecule has 0 unspecified atom stereocenters. The minimum Gasteiger partial charge on any atom is -0.493 e. The highest BCUT2D eigenvalue weighted by atomic mass is 32.2. The zero-order valence-electron chi connectivity index (χ0n) is 13.0. The van der Waals surface area contributed by atoms with Gasteiger partial charge in [0.1, 0.15) is 0 Å². The number of ether oxygens (including phenoxy) is 1. The Hall–Kier alpha value is -1.90. The molecule has 7 nitrogen and oxygen atoms in total. The lowest BCUT2D eigenvalue weighted by Gasteiger charge is -2.31. The van der Waals surface area contributed by atoms with Crippen LogP contribution < -0.4 is 10.4 Å². The van der Waals surface area contributed by atoms with Crippen molar-refractivity contribution in [2.45, 2.75) is 4.90 Å². The van der Waals surface area contributed by atoms with Gasteiger partial charge in [-0.25, -0.2) is 13.2 Å². The molecule has 2 heterocycles. The Balaban J connectivity index is 2.09. The number of sulfonamides is 1. The fourth-order valence-electron chi connectivity index (χ4n) is 2.61. The largest absolute Gasteiger partial charge is 0.493 e. The second-order valence-corrected chi connectivity index (χ2v) is 7.39. The smallest absolute Gasteiger partial charge is 0.356 e. The van der Waals surface area contributed by atoms with Crippen LogP contribution in [0.1, 0.15) is 0 Å². The molecule has 0 atom stereocenters. The zero-order valence-corrected chi connectivity index (χ0v) is 13.8. The third kappa shape index (κ3) is 2.85. The second kappa shape index (κ2) is 5.95. The van der Waals surface area contributed by atoms with Gasteiger partial charge in [0, 0.05) is 31.6 Å². The summed E-state index contributed by atoms with van der Waals surface area (Å²) in [6, 6.07) is 6.41. The molecule has 0 radical (unpaired) electrons. The van der Waals surface area contributed by atoms with Crippen LogP contribution in [0.25, 0.3) is 11.0 Å². The molecule has 0 aliphatic carbocycles. The van der Waals surface area contributed by atoms with E-state index in [0.717, 1.165) is 0 Å². The lowest BCUT2D eigenvalue weighted by Crippen LogP contribution is -2.47. The van der Waals surface area contributed by atoms with Gasteiger partial charge in [-0.3, -0.25) is 0 Å². The normalized spacial score (nSPS) is 17.5. The highest BCUT2D eigenvalue weighted by molar-refractivity contribution is 7.89. The fourth-order valence-corrected chi connectivity index (χ4v) is 4.06. The number of fused-ring (bicyclic) bond motifs is 1. The van der Waals surface area contributed by atoms with Gasteiger partial charge in [0.2, 0.25) is 10.0 Å². The topological polar surface area (TPSA) is 80.1 Å². The van der Waals surface area contributed by atoms with E-state index in [9.17, 15) is 13.2 Å². The molecule has 2 aromatic rings. The van der Waals surface area contributed by atoms with Crippen molar-refractivity contribution in [1.29, 1.82) is 0 Å². The Bertz CT molecular complexity index is 882. The van der Waals surface area contributed by atoms with E-state index in [0.29, 0.717) is 37.3 Å². The van der Waals surface area contributed by atoms with Crippen LogP contribution in [0, 0.1) is 0 Å². The standard InChI is InChI=1S/C15H18N2O5S/c1-16-6-8-17(9-7-16)23(19,20)13-10-11-4-3-5-12(21-2)14(11)22-15(13)18/h3-5,10H,6-9H2,1-2H3. The van der Waals surface area contributed by atoms with Crippen LogP contribution in [0.5, 0.6) is 5.75 Å². The zero-order chi connectivity index (χ0) is 16.6. The monoisotopic (exact) mass is 338 g/mol. The summed E-state index contributed by atoms with van der Waals surface area (Å²) in [5.74, 6) is 0.392. The number of hydrogen-bond acceptors (Lipinski definition) is 6. The van der Waals surface area contributed by atoms with Gasteiger partial charge >= 0.3 is 5.63 Å². The van der Waals surface area contributed by atoms with Gasteiger partial charge in [0.05, 0.1) is 7.11 Å². The van der Waals surface area contributed by atoms with Gasteiger partial charge < -0.3 is 14.1 Å². The van der Waals surface area contributed by atoms with Gasteiger partial charge in [-0.15, -0.1) is 0 Å². The first-order valence-electron chi connectivity index (χ1n) is 7.23. The maximum absolute atomic E-state index is 12.7. The molecule has 0 bridgehead atoms. The van der Waals surface area contributed by atoms with E-state index < -0.39 is 15.6 Å². The Morgan fingerprint density at radius 2 is 1.87 bits per heavy atom. The maximum Gasteiger partial charge on any atom is 0.356 e. The summed E-state index contributed by atoms with van der Waals surface area (Å²) in [4.78, 5) is 13.9.